The maximum Gasteiger partial charge on any atom is 0.338 e. The van der Waals surface area contributed by atoms with Gasteiger partial charge in [0.25, 0.3) is 5.56 Å². The molecule has 4 aromatic carbocycles. The van der Waals surface area contributed by atoms with Gasteiger partial charge in [0.2, 0.25) is 0 Å². The van der Waals surface area contributed by atoms with Crippen LogP contribution in [0.15, 0.2) is 99.9 Å². The second kappa shape index (κ2) is 10.0. The smallest absolute Gasteiger partial charge is 0.338 e. The summed E-state index contributed by atoms with van der Waals surface area (Å²) in [4.78, 5) is 32.5. The predicted octanol–water partition coefficient (Wildman–Crippen LogP) is 5.11. The summed E-state index contributed by atoms with van der Waals surface area (Å²) in [6.07, 6.45) is 1.96. The first-order chi connectivity index (χ1) is 19.0. The van der Waals surface area contributed by atoms with Crippen LogP contribution in [0, 0.1) is 0 Å². The molecule has 194 valence electrons. The fraction of sp³-hybridized carbons (Fsp3) is 0.156. The van der Waals surface area contributed by atoms with Crippen LogP contribution in [0.25, 0.3) is 27.6 Å². The molecule has 1 unspecified atom stereocenters. The fourth-order valence-corrected chi connectivity index (χ4v) is 6.28. The molecular weight excluding hydrogens is 508 g/mol. The van der Waals surface area contributed by atoms with Crippen LogP contribution < -0.4 is 19.6 Å². The van der Waals surface area contributed by atoms with E-state index in [1.807, 2.05) is 54.6 Å². The SMILES string of the molecule is CCOC(=O)C1=C(C)N=c2s/c(=C\c3c4ccccc4cc4ccccc34)c(=O)n2C1c1cccc(OC)c1. The normalized spacial score (nSPS) is 15.4. The van der Waals surface area contributed by atoms with E-state index in [0.717, 1.165) is 32.7 Å². The summed E-state index contributed by atoms with van der Waals surface area (Å²) in [5.74, 6) is 0.149. The Morgan fingerprint density at radius 1 is 1.00 bits per heavy atom. The number of benzene rings is 4. The van der Waals surface area contributed by atoms with Crippen LogP contribution in [0.2, 0.25) is 0 Å². The van der Waals surface area contributed by atoms with Gasteiger partial charge < -0.3 is 9.47 Å². The number of nitrogens with zero attached hydrogens (tertiary/aromatic N) is 2. The minimum atomic E-state index is -0.693. The van der Waals surface area contributed by atoms with Crippen LogP contribution in [-0.4, -0.2) is 24.3 Å². The number of fused-ring (bicyclic) bond motifs is 3. The zero-order valence-corrected chi connectivity index (χ0v) is 22.6. The number of thiazole rings is 1. The van der Waals surface area contributed by atoms with Crippen molar-refractivity contribution in [3.05, 3.63) is 121 Å². The molecule has 0 saturated heterocycles. The van der Waals surface area contributed by atoms with Crippen molar-refractivity contribution in [1.82, 2.24) is 4.57 Å². The number of methoxy groups -OCH3 is 1. The van der Waals surface area contributed by atoms with Gasteiger partial charge in [0.1, 0.15) is 5.75 Å². The lowest BCUT2D eigenvalue weighted by molar-refractivity contribution is -0.139. The van der Waals surface area contributed by atoms with Gasteiger partial charge in [-0.15, -0.1) is 0 Å². The van der Waals surface area contributed by atoms with Gasteiger partial charge in [-0.2, -0.15) is 0 Å². The van der Waals surface area contributed by atoms with Crippen LogP contribution in [0.4, 0.5) is 0 Å². The molecule has 0 N–H and O–H groups in total. The molecule has 1 aliphatic heterocycles. The Hall–Kier alpha value is -4.49. The van der Waals surface area contributed by atoms with E-state index >= 15 is 0 Å². The third-order valence-corrected chi connectivity index (χ3v) is 8.00. The van der Waals surface area contributed by atoms with Gasteiger partial charge in [0.15, 0.2) is 4.80 Å². The standard InChI is InChI=1S/C32H26N2O4S/c1-4-38-31(36)28-19(2)33-32-34(29(28)22-12-9-13-23(17-22)37-3)30(35)27(39-32)18-26-24-14-7-5-10-20(24)16-21-11-6-8-15-25(21)26/h5-18,29H,4H2,1-3H3/b27-18-. The highest BCUT2D eigenvalue weighted by Gasteiger charge is 2.33. The van der Waals surface area contributed by atoms with Crippen molar-refractivity contribution in [2.45, 2.75) is 19.9 Å². The maximum atomic E-state index is 14.1. The van der Waals surface area contributed by atoms with Gasteiger partial charge in [0, 0.05) is 0 Å². The average Bonchev–Trinajstić information content (AvgIpc) is 3.26. The largest absolute Gasteiger partial charge is 0.497 e. The van der Waals surface area contributed by atoms with Crippen molar-refractivity contribution in [2.75, 3.05) is 13.7 Å². The fourth-order valence-electron chi connectivity index (χ4n) is 5.25. The third kappa shape index (κ3) is 4.25. The van der Waals surface area contributed by atoms with Crippen LogP contribution in [0.5, 0.6) is 5.75 Å². The minimum absolute atomic E-state index is 0.210. The summed E-state index contributed by atoms with van der Waals surface area (Å²) in [5.41, 5.74) is 2.39. The van der Waals surface area contributed by atoms with Crippen molar-refractivity contribution < 1.29 is 14.3 Å². The molecule has 0 fully saturated rings. The maximum absolute atomic E-state index is 14.1. The lowest BCUT2D eigenvalue weighted by atomic mass is 9.95. The highest BCUT2D eigenvalue weighted by Crippen LogP contribution is 2.33. The Labute approximate surface area is 228 Å². The van der Waals surface area contributed by atoms with Gasteiger partial charge in [-0.3, -0.25) is 9.36 Å². The summed E-state index contributed by atoms with van der Waals surface area (Å²) < 4.78 is 13.0. The minimum Gasteiger partial charge on any atom is -0.497 e. The van der Waals surface area contributed by atoms with Crippen molar-refractivity contribution in [3.63, 3.8) is 0 Å². The Bertz CT molecular complexity index is 1930. The summed E-state index contributed by atoms with van der Waals surface area (Å²) in [6, 6.07) is 25.3. The molecule has 6 rings (SSSR count). The second-order valence-electron chi connectivity index (χ2n) is 9.31. The summed E-state index contributed by atoms with van der Waals surface area (Å²) >= 11 is 1.32. The summed E-state index contributed by atoms with van der Waals surface area (Å²) in [7, 11) is 1.59. The Morgan fingerprint density at radius 3 is 2.36 bits per heavy atom. The lowest BCUT2D eigenvalue weighted by Crippen LogP contribution is -2.39. The number of esters is 1. The van der Waals surface area contributed by atoms with E-state index in [9.17, 15) is 9.59 Å². The van der Waals surface area contributed by atoms with Gasteiger partial charge in [0.05, 0.1) is 35.6 Å². The summed E-state index contributed by atoms with van der Waals surface area (Å²) in [5, 5.41) is 4.33. The van der Waals surface area contributed by atoms with E-state index in [0.29, 0.717) is 26.4 Å². The Kier molecular flexibility index (Phi) is 6.37. The van der Waals surface area contributed by atoms with Crippen molar-refractivity contribution in [2.24, 2.45) is 4.99 Å². The molecule has 6 nitrogen and oxygen atoms in total. The number of hydrogen-bond acceptors (Lipinski definition) is 6. The zero-order chi connectivity index (χ0) is 27.1. The molecule has 0 bridgehead atoms. The molecule has 2 heterocycles. The van der Waals surface area contributed by atoms with E-state index in [4.69, 9.17) is 14.5 Å². The number of carbonyl (C=O) groups is 1. The van der Waals surface area contributed by atoms with E-state index < -0.39 is 12.0 Å². The zero-order valence-electron chi connectivity index (χ0n) is 21.8. The van der Waals surface area contributed by atoms with Crippen LogP contribution >= 0.6 is 11.3 Å². The van der Waals surface area contributed by atoms with Crippen LogP contribution in [0.1, 0.15) is 31.0 Å². The predicted molar refractivity (Wildman–Crippen MR) is 155 cm³/mol. The molecule has 0 amide bonds. The van der Waals surface area contributed by atoms with E-state index in [1.54, 1.807) is 25.5 Å². The van der Waals surface area contributed by atoms with E-state index in [-0.39, 0.29) is 12.2 Å². The van der Waals surface area contributed by atoms with Crippen LogP contribution in [0.3, 0.4) is 0 Å². The molecule has 0 saturated carbocycles. The van der Waals surface area contributed by atoms with Gasteiger partial charge in [-0.1, -0.05) is 72.0 Å². The molecule has 1 atom stereocenters. The van der Waals surface area contributed by atoms with Gasteiger partial charge in [-0.25, -0.2) is 9.79 Å². The number of allylic oxidation sites excluding steroid dienone is 1. The quantitative estimate of drug-likeness (QED) is 0.232. The lowest BCUT2D eigenvalue weighted by Gasteiger charge is -2.25. The molecule has 39 heavy (non-hydrogen) atoms. The van der Waals surface area contributed by atoms with Crippen molar-refractivity contribution >= 4 is 44.9 Å². The number of aromatic nitrogens is 1. The topological polar surface area (TPSA) is 69.9 Å². The molecular formula is C32H26N2O4S. The van der Waals surface area contributed by atoms with Crippen molar-refractivity contribution in [1.29, 1.82) is 0 Å². The first-order valence-electron chi connectivity index (χ1n) is 12.7. The number of hydrogen-bond donors (Lipinski definition) is 0. The average molecular weight is 535 g/mol. The third-order valence-electron chi connectivity index (χ3n) is 7.01. The first-order valence-corrected chi connectivity index (χ1v) is 13.6. The molecule has 1 aliphatic rings. The highest BCUT2D eigenvalue weighted by molar-refractivity contribution is 7.07. The van der Waals surface area contributed by atoms with Gasteiger partial charge in [-0.05, 0) is 70.8 Å². The number of carbonyl (C=O) groups excluding carboxylic acids is 1. The monoisotopic (exact) mass is 534 g/mol. The second-order valence-corrected chi connectivity index (χ2v) is 10.3. The Morgan fingerprint density at radius 2 is 1.69 bits per heavy atom. The van der Waals surface area contributed by atoms with Crippen LogP contribution in [-0.2, 0) is 9.53 Å². The first kappa shape index (κ1) is 24.8. The molecule has 7 heteroatoms. The highest BCUT2D eigenvalue weighted by atomic mass is 32.1. The molecule has 5 aromatic rings. The van der Waals surface area contributed by atoms with Crippen molar-refractivity contribution in [3.8, 4) is 5.75 Å². The number of ether oxygens (including phenoxy) is 2. The number of rotatable bonds is 5. The molecule has 1 aromatic heterocycles. The summed E-state index contributed by atoms with van der Waals surface area (Å²) in [6.45, 7) is 3.77. The van der Waals surface area contributed by atoms with Gasteiger partial charge >= 0.3 is 5.97 Å². The Balaban J connectivity index is 1.64. The van der Waals surface area contributed by atoms with E-state index in [1.165, 1.54) is 11.3 Å². The molecule has 0 aliphatic carbocycles. The molecule has 0 radical (unpaired) electrons. The molecule has 0 spiro atoms. The van der Waals surface area contributed by atoms with E-state index in [2.05, 4.69) is 30.3 Å².